The maximum atomic E-state index is 12.5. The molecule has 5 nitrogen and oxygen atoms in total. The smallest absolute Gasteiger partial charge is 0.257 e. The summed E-state index contributed by atoms with van der Waals surface area (Å²) in [6.07, 6.45) is 1.05. The van der Waals surface area contributed by atoms with Crippen molar-refractivity contribution in [2.24, 2.45) is 0 Å². The lowest BCUT2D eigenvalue weighted by Gasteiger charge is -2.13. The van der Waals surface area contributed by atoms with Crippen LogP contribution in [0.5, 0.6) is 5.75 Å². The number of hydrogen-bond acceptors (Lipinski definition) is 5. The zero-order valence-electron chi connectivity index (χ0n) is 17.8. The summed E-state index contributed by atoms with van der Waals surface area (Å²) in [5.74, 6) is 0.449. The van der Waals surface area contributed by atoms with Gasteiger partial charge in [0.05, 0.1) is 11.8 Å². The van der Waals surface area contributed by atoms with Gasteiger partial charge in [-0.25, -0.2) is 4.98 Å². The summed E-state index contributed by atoms with van der Waals surface area (Å²) >= 11 is 6.73. The summed E-state index contributed by atoms with van der Waals surface area (Å²) in [7, 11) is 0. The fourth-order valence-corrected chi connectivity index (χ4v) is 4.09. The van der Waals surface area contributed by atoms with E-state index in [1.165, 1.54) is 16.7 Å². The molecule has 0 aliphatic carbocycles. The molecule has 4 aromatic rings. The number of thiocarbonyl (C=S) groups is 1. The van der Waals surface area contributed by atoms with Gasteiger partial charge in [-0.1, -0.05) is 43.3 Å². The van der Waals surface area contributed by atoms with Crippen molar-refractivity contribution in [2.75, 3.05) is 5.32 Å². The van der Waals surface area contributed by atoms with Crippen LogP contribution in [0, 0.1) is 0 Å². The number of aromatic nitrogens is 1. The highest BCUT2D eigenvalue weighted by molar-refractivity contribution is 7.80. The van der Waals surface area contributed by atoms with Gasteiger partial charge in [0.25, 0.3) is 5.91 Å². The molecule has 2 N–H and O–H groups in total. The van der Waals surface area contributed by atoms with E-state index in [9.17, 15) is 4.79 Å². The molecule has 1 amide bonds. The van der Waals surface area contributed by atoms with Crippen LogP contribution in [0.2, 0.25) is 0 Å². The average Bonchev–Trinajstić information content (AvgIpc) is 3.27. The van der Waals surface area contributed by atoms with Crippen LogP contribution in [0.1, 0.15) is 30.6 Å². The van der Waals surface area contributed by atoms with E-state index in [0.717, 1.165) is 28.8 Å². The van der Waals surface area contributed by atoms with E-state index in [-0.39, 0.29) is 17.1 Å². The Morgan fingerprint density at radius 2 is 1.84 bits per heavy atom. The second-order valence-corrected chi connectivity index (χ2v) is 8.64. The topological polar surface area (TPSA) is 63.2 Å². The molecule has 1 aromatic heterocycles. The van der Waals surface area contributed by atoms with Crippen molar-refractivity contribution in [3.05, 3.63) is 77.7 Å². The van der Waals surface area contributed by atoms with Gasteiger partial charge in [-0.15, -0.1) is 11.3 Å². The SMILES string of the molecule is CCC(C)Oc1ccc(C(=O)NC(=S)Nc2nc(-c3ccc4ccccc4c3)cs2)cc1. The van der Waals surface area contributed by atoms with Crippen LogP contribution in [0.4, 0.5) is 5.13 Å². The number of hydrogen-bond donors (Lipinski definition) is 2. The maximum absolute atomic E-state index is 12.5. The summed E-state index contributed by atoms with van der Waals surface area (Å²) in [6.45, 7) is 4.07. The van der Waals surface area contributed by atoms with E-state index in [1.54, 1.807) is 24.3 Å². The van der Waals surface area contributed by atoms with E-state index < -0.39 is 0 Å². The number of ether oxygens (including phenoxy) is 1. The first-order chi connectivity index (χ1) is 15.5. The molecular formula is C25H23N3O2S2. The van der Waals surface area contributed by atoms with Gasteiger partial charge in [0.15, 0.2) is 10.2 Å². The standard InChI is InChI=1S/C25H23N3O2S2/c1-3-16(2)30-21-12-10-18(11-13-21)23(29)27-24(31)28-25-26-22(15-32-25)20-9-8-17-6-4-5-7-19(17)14-20/h4-16H,3H2,1-2H3,(H2,26,27,28,29,31). The lowest BCUT2D eigenvalue weighted by atomic mass is 10.1. The number of nitrogens with one attached hydrogen (secondary N) is 2. The highest BCUT2D eigenvalue weighted by Gasteiger charge is 2.11. The van der Waals surface area contributed by atoms with Gasteiger partial charge in [-0.2, -0.15) is 0 Å². The van der Waals surface area contributed by atoms with Crippen LogP contribution in [-0.4, -0.2) is 22.1 Å². The molecule has 3 aromatic carbocycles. The molecule has 0 spiro atoms. The van der Waals surface area contributed by atoms with Gasteiger partial charge in [0, 0.05) is 16.5 Å². The largest absolute Gasteiger partial charge is 0.491 e. The van der Waals surface area contributed by atoms with E-state index in [2.05, 4.69) is 52.9 Å². The number of benzene rings is 3. The third-order valence-corrected chi connectivity index (χ3v) is 5.99. The molecule has 0 aliphatic rings. The Bertz CT molecular complexity index is 1250. The number of nitrogens with zero attached hydrogens (tertiary/aromatic N) is 1. The molecule has 0 saturated heterocycles. The van der Waals surface area contributed by atoms with Gasteiger partial charge in [-0.3, -0.25) is 10.1 Å². The summed E-state index contributed by atoms with van der Waals surface area (Å²) in [5, 5.41) is 10.8. The van der Waals surface area contributed by atoms with E-state index in [1.807, 2.05) is 24.4 Å². The molecule has 0 saturated carbocycles. The number of anilines is 1. The monoisotopic (exact) mass is 461 g/mol. The van der Waals surface area contributed by atoms with E-state index in [4.69, 9.17) is 17.0 Å². The fourth-order valence-electron chi connectivity index (χ4n) is 3.12. The normalized spacial score (nSPS) is 11.7. The summed E-state index contributed by atoms with van der Waals surface area (Å²) in [4.78, 5) is 17.1. The molecular weight excluding hydrogens is 438 g/mol. The number of thiazole rings is 1. The number of fused-ring (bicyclic) bond motifs is 1. The minimum absolute atomic E-state index is 0.129. The average molecular weight is 462 g/mol. The Balaban J connectivity index is 1.37. The highest BCUT2D eigenvalue weighted by atomic mass is 32.1. The summed E-state index contributed by atoms with van der Waals surface area (Å²) < 4.78 is 5.74. The van der Waals surface area contributed by atoms with Crippen molar-refractivity contribution < 1.29 is 9.53 Å². The second-order valence-electron chi connectivity index (χ2n) is 7.37. The van der Waals surface area contributed by atoms with Crippen LogP contribution in [0.15, 0.2) is 72.1 Å². The Kier molecular flexibility index (Phi) is 6.78. The van der Waals surface area contributed by atoms with E-state index >= 15 is 0 Å². The Hall–Kier alpha value is -3.29. The Morgan fingerprint density at radius 1 is 1.09 bits per heavy atom. The minimum Gasteiger partial charge on any atom is -0.491 e. The third-order valence-electron chi connectivity index (χ3n) is 5.03. The second kappa shape index (κ2) is 9.89. The molecule has 0 bridgehead atoms. The summed E-state index contributed by atoms with van der Waals surface area (Å²) in [5.41, 5.74) is 2.39. The maximum Gasteiger partial charge on any atom is 0.257 e. The Labute approximate surface area is 196 Å². The van der Waals surface area contributed by atoms with Crippen LogP contribution < -0.4 is 15.4 Å². The predicted molar refractivity (Wildman–Crippen MR) is 136 cm³/mol. The Morgan fingerprint density at radius 3 is 2.59 bits per heavy atom. The quantitative estimate of drug-likeness (QED) is 0.332. The predicted octanol–water partition coefficient (Wildman–Crippen LogP) is 6.27. The van der Waals surface area contributed by atoms with Crippen molar-refractivity contribution in [2.45, 2.75) is 26.4 Å². The van der Waals surface area contributed by atoms with Crippen molar-refractivity contribution in [3.63, 3.8) is 0 Å². The number of carbonyl (C=O) groups excluding carboxylic acids is 1. The van der Waals surface area contributed by atoms with Crippen molar-refractivity contribution in [1.82, 2.24) is 10.3 Å². The van der Waals surface area contributed by atoms with Crippen LogP contribution in [-0.2, 0) is 0 Å². The zero-order chi connectivity index (χ0) is 22.5. The third kappa shape index (κ3) is 5.30. The molecule has 7 heteroatoms. The van der Waals surface area contributed by atoms with E-state index in [0.29, 0.717) is 10.7 Å². The molecule has 162 valence electrons. The van der Waals surface area contributed by atoms with Gasteiger partial charge in [0.2, 0.25) is 0 Å². The molecule has 32 heavy (non-hydrogen) atoms. The number of amides is 1. The molecule has 1 unspecified atom stereocenters. The van der Waals surface area contributed by atoms with Crippen LogP contribution >= 0.6 is 23.6 Å². The lowest BCUT2D eigenvalue weighted by Crippen LogP contribution is -2.34. The fraction of sp³-hybridized carbons (Fsp3) is 0.160. The highest BCUT2D eigenvalue weighted by Crippen LogP contribution is 2.27. The van der Waals surface area contributed by atoms with Crippen LogP contribution in [0.25, 0.3) is 22.0 Å². The van der Waals surface area contributed by atoms with Crippen LogP contribution in [0.3, 0.4) is 0 Å². The molecule has 0 radical (unpaired) electrons. The first-order valence-corrected chi connectivity index (χ1v) is 11.6. The van der Waals surface area contributed by atoms with Crippen molar-refractivity contribution >= 4 is 50.5 Å². The van der Waals surface area contributed by atoms with Gasteiger partial charge in [-0.05, 0) is 66.7 Å². The molecule has 4 rings (SSSR count). The minimum atomic E-state index is -0.288. The van der Waals surface area contributed by atoms with Gasteiger partial charge < -0.3 is 10.1 Å². The molecule has 0 aliphatic heterocycles. The summed E-state index contributed by atoms with van der Waals surface area (Å²) in [6, 6.07) is 21.5. The molecule has 1 heterocycles. The lowest BCUT2D eigenvalue weighted by molar-refractivity contribution is 0.0977. The number of carbonyl (C=O) groups is 1. The van der Waals surface area contributed by atoms with Crippen molar-refractivity contribution in [1.29, 1.82) is 0 Å². The first-order valence-electron chi connectivity index (χ1n) is 10.4. The molecule has 0 fully saturated rings. The first kappa shape index (κ1) is 21.9. The van der Waals surface area contributed by atoms with Crippen molar-refractivity contribution in [3.8, 4) is 17.0 Å². The number of rotatable bonds is 6. The molecule has 1 atom stereocenters. The zero-order valence-corrected chi connectivity index (χ0v) is 19.4. The van der Waals surface area contributed by atoms with Gasteiger partial charge in [0.1, 0.15) is 5.75 Å². The van der Waals surface area contributed by atoms with Gasteiger partial charge >= 0.3 is 0 Å².